The predicted octanol–water partition coefficient (Wildman–Crippen LogP) is 2.84. The van der Waals surface area contributed by atoms with Crippen LogP contribution in [0.5, 0.6) is 0 Å². The summed E-state index contributed by atoms with van der Waals surface area (Å²) in [4.78, 5) is 18.4. The number of halogens is 1. The minimum Gasteiger partial charge on any atom is -0.356 e. The minimum absolute atomic E-state index is 0. The van der Waals surface area contributed by atoms with E-state index in [1.54, 1.807) is 7.05 Å². The molecule has 1 aliphatic rings. The maximum absolute atomic E-state index is 11.7. The molecule has 0 saturated heterocycles. The van der Waals surface area contributed by atoms with Crippen molar-refractivity contribution < 1.29 is 4.79 Å². The van der Waals surface area contributed by atoms with Gasteiger partial charge in [0.2, 0.25) is 0 Å². The van der Waals surface area contributed by atoms with Crippen LogP contribution in [0.4, 0.5) is 5.69 Å². The second-order valence-electron chi connectivity index (χ2n) is 6.03. The van der Waals surface area contributed by atoms with Gasteiger partial charge in [-0.1, -0.05) is 30.3 Å². The monoisotopic (exact) mass is 464 g/mol. The highest BCUT2D eigenvalue weighted by Crippen LogP contribution is 2.27. The second kappa shape index (κ2) is 9.56. The van der Waals surface area contributed by atoms with E-state index in [1.807, 2.05) is 31.3 Å². The Labute approximate surface area is 171 Å². The Bertz CT molecular complexity index is 791. The van der Waals surface area contributed by atoms with Gasteiger partial charge in [-0.25, -0.2) is 0 Å². The van der Waals surface area contributed by atoms with Gasteiger partial charge in [0.25, 0.3) is 5.91 Å². The summed E-state index contributed by atoms with van der Waals surface area (Å²) in [6.07, 6.45) is 1.88. The van der Waals surface area contributed by atoms with Crippen LogP contribution in [0, 0.1) is 0 Å². The third-order valence-electron chi connectivity index (χ3n) is 4.47. The van der Waals surface area contributed by atoms with E-state index in [1.165, 1.54) is 11.3 Å². The molecule has 0 spiro atoms. The number of fused-ring (bicyclic) bond motifs is 1. The van der Waals surface area contributed by atoms with Gasteiger partial charge in [-0.15, -0.1) is 24.0 Å². The van der Waals surface area contributed by atoms with Gasteiger partial charge >= 0.3 is 0 Å². The van der Waals surface area contributed by atoms with Crippen molar-refractivity contribution in [1.29, 1.82) is 0 Å². The normalized spacial score (nSPS) is 13.0. The van der Waals surface area contributed by atoms with Gasteiger partial charge in [0.05, 0.1) is 0 Å². The maximum Gasteiger partial charge on any atom is 0.251 e. The molecule has 1 amide bonds. The van der Waals surface area contributed by atoms with Crippen molar-refractivity contribution in [3.05, 3.63) is 65.2 Å². The number of amides is 1. The lowest BCUT2D eigenvalue weighted by Gasteiger charge is -2.22. The Balaban J connectivity index is 0.00000243. The molecule has 0 aliphatic carbocycles. The molecule has 5 nitrogen and oxygen atoms in total. The van der Waals surface area contributed by atoms with E-state index in [0.29, 0.717) is 5.56 Å². The molecule has 1 heterocycles. The molecule has 0 aromatic heterocycles. The topological polar surface area (TPSA) is 56.7 Å². The summed E-state index contributed by atoms with van der Waals surface area (Å²) >= 11 is 0. The SMILES string of the molecule is CN=C(NCCc1cccc(C(=O)NC)c1)N1CCc2ccccc21.I. The molecular formula is C20H25IN4O. The molecule has 2 aromatic rings. The summed E-state index contributed by atoms with van der Waals surface area (Å²) in [5.74, 6) is 0.840. The molecule has 0 radical (unpaired) electrons. The number of para-hydroxylation sites is 1. The standard InChI is InChI=1S/C20H24N4O.HI/c1-21-19(25)17-8-5-6-15(14-17)10-12-23-20(22-2)24-13-11-16-7-3-4-9-18(16)24;/h3-9,14H,10-13H2,1-2H3,(H,21,25)(H,22,23);1H. The maximum atomic E-state index is 11.7. The minimum atomic E-state index is -0.0562. The molecule has 3 rings (SSSR count). The fraction of sp³-hybridized carbons (Fsp3) is 0.300. The average molecular weight is 464 g/mol. The zero-order valence-corrected chi connectivity index (χ0v) is 17.5. The Kier molecular flexibility index (Phi) is 7.44. The largest absolute Gasteiger partial charge is 0.356 e. The molecule has 26 heavy (non-hydrogen) atoms. The zero-order chi connectivity index (χ0) is 17.6. The predicted molar refractivity (Wildman–Crippen MR) is 118 cm³/mol. The van der Waals surface area contributed by atoms with Crippen LogP contribution in [0.1, 0.15) is 21.5 Å². The third-order valence-corrected chi connectivity index (χ3v) is 4.47. The van der Waals surface area contributed by atoms with Crippen LogP contribution in [0.15, 0.2) is 53.5 Å². The van der Waals surface area contributed by atoms with Crippen molar-refractivity contribution in [3.8, 4) is 0 Å². The number of carbonyl (C=O) groups is 1. The fourth-order valence-corrected chi connectivity index (χ4v) is 3.18. The first-order valence-corrected chi connectivity index (χ1v) is 8.60. The van der Waals surface area contributed by atoms with Crippen LogP contribution in [0.25, 0.3) is 0 Å². The van der Waals surface area contributed by atoms with E-state index in [9.17, 15) is 4.79 Å². The average Bonchev–Trinajstić information content (AvgIpc) is 3.09. The van der Waals surface area contributed by atoms with Crippen LogP contribution in [0.2, 0.25) is 0 Å². The van der Waals surface area contributed by atoms with Gasteiger partial charge in [-0.05, 0) is 42.2 Å². The van der Waals surface area contributed by atoms with E-state index in [4.69, 9.17) is 0 Å². The van der Waals surface area contributed by atoms with Crippen molar-refractivity contribution in [2.45, 2.75) is 12.8 Å². The van der Waals surface area contributed by atoms with Gasteiger partial charge < -0.3 is 15.5 Å². The van der Waals surface area contributed by atoms with E-state index in [0.717, 1.165) is 37.5 Å². The second-order valence-corrected chi connectivity index (χ2v) is 6.03. The molecule has 0 bridgehead atoms. The van der Waals surface area contributed by atoms with Crippen molar-refractivity contribution >= 4 is 41.5 Å². The van der Waals surface area contributed by atoms with Gasteiger partial charge in [0.1, 0.15) is 0 Å². The highest BCUT2D eigenvalue weighted by Gasteiger charge is 2.22. The number of benzene rings is 2. The van der Waals surface area contributed by atoms with Crippen LogP contribution < -0.4 is 15.5 Å². The number of carbonyl (C=O) groups excluding carboxylic acids is 1. The molecule has 2 aromatic carbocycles. The Morgan fingerprint density at radius 1 is 1.19 bits per heavy atom. The van der Waals surface area contributed by atoms with Gasteiger partial charge in [-0.3, -0.25) is 9.79 Å². The number of nitrogens with one attached hydrogen (secondary N) is 2. The van der Waals surface area contributed by atoms with Crippen LogP contribution >= 0.6 is 24.0 Å². The number of anilines is 1. The third kappa shape index (κ3) is 4.55. The Morgan fingerprint density at radius 2 is 2.00 bits per heavy atom. The number of aliphatic imine (C=N–C) groups is 1. The quantitative estimate of drug-likeness (QED) is 0.416. The van der Waals surface area contributed by atoms with E-state index >= 15 is 0 Å². The molecule has 2 N–H and O–H groups in total. The van der Waals surface area contributed by atoms with Gasteiger partial charge in [0.15, 0.2) is 5.96 Å². The first kappa shape index (κ1) is 20.2. The van der Waals surface area contributed by atoms with E-state index in [2.05, 4.69) is 44.8 Å². The number of hydrogen-bond donors (Lipinski definition) is 2. The molecule has 138 valence electrons. The molecule has 0 unspecified atom stereocenters. The number of nitrogens with zero attached hydrogens (tertiary/aromatic N) is 2. The first-order chi connectivity index (χ1) is 12.2. The molecule has 1 aliphatic heterocycles. The molecule has 6 heteroatoms. The summed E-state index contributed by atoms with van der Waals surface area (Å²) in [6, 6.07) is 16.2. The lowest BCUT2D eigenvalue weighted by atomic mass is 10.1. The summed E-state index contributed by atoms with van der Waals surface area (Å²) in [5, 5.41) is 6.10. The summed E-state index contributed by atoms with van der Waals surface area (Å²) in [7, 11) is 3.46. The summed E-state index contributed by atoms with van der Waals surface area (Å²) in [6.45, 7) is 1.72. The van der Waals surface area contributed by atoms with Crippen LogP contribution in [0.3, 0.4) is 0 Å². The molecule has 0 fully saturated rings. The zero-order valence-electron chi connectivity index (χ0n) is 15.2. The van der Waals surface area contributed by atoms with Gasteiger partial charge in [-0.2, -0.15) is 0 Å². The van der Waals surface area contributed by atoms with Crippen LogP contribution in [-0.2, 0) is 12.8 Å². The smallest absolute Gasteiger partial charge is 0.251 e. The van der Waals surface area contributed by atoms with Crippen molar-refractivity contribution in [3.63, 3.8) is 0 Å². The lowest BCUT2D eigenvalue weighted by molar-refractivity contribution is 0.0963. The first-order valence-electron chi connectivity index (χ1n) is 8.60. The van der Waals surface area contributed by atoms with Crippen molar-refractivity contribution in [1.82, 2.24) is 10.6 Å². The summed E-state index contributed by atoms with van der Waals surface area (Å²) in [5.41, 5.74) is 4.42. The Morgan fingerprint density at radius 3 is 2.77 bits per heavy atom. The van der Waals surface area contributed by atoms with Gasteiger partial charge in [0, 0.05) is 38.4 Å². The highest BCUT2D eigenvalue weighted by molar-refractivity contribution is 14.0. The Hall–Kier alpha value is -2.09. The molecule has 0 atom stereocenters. The lowest BCUT2D eigenvalue weighted by Crippen LogP contribution is -2.41. The van der Waals surface area contributed by atoms with E-state index in [-0.39, 0.29) is 29.9 Å². The summed E-state index contributed by atoms with van der Waals surface area (Å²) < 4.78 is 0. The molecular weight excluding hydrogens is 439 g/mol. The van der Waals surface area contributed by atoms with E-state index < -0.39 is 0 Å². The fourth-order valence-electron chi connectivity index (χ4n) is 3.18. The van der Waals surface area contributed by atoms with Crippen molar-refractivity contribution in [2.75, 3.05) is 32.1 Å². The molecule has 0 saturated carbocycles. The van der Waals surface area contributed by atoms with Crippen LogP contribution in [-0.4, -0.2) is 39.1 Å². The highest BCUT2D eigenvalue weighted by atomic mass is 127. The van der Waals surface area contributed by atoms with Crippen molar-refractivity contribution in [2.24, 2.45) is 4.99 Å². The number of rotatable bonds is 4. The number of hydrogen-bond acceptors (Lipinski definition) is 2. The number of guanidine groups is 1.